The first-order valence-corrected chi connectivity index (χ1v) is 11.9. The van der Waals surface area contributed by atoms with Crippen LogP contribution in [0.2, 0.25) is 0 Å². The molecule has 0 saturated carbocycles. The molecule has 154 valence electrons. The maximum Gasteiger partial charge on any atom is 0.274 e. The van der Waals surface area contributed by atoms with Gasteiger partial charge in [-0.1, -0.05) is 12.1 Å². The van der Waals surface area contributed by atoms with Crippen molar-refractivity contribution in [2.24, 2.45) is 5.10 Å². The number of halogens is 1. The van der Waals surface area contributed by atoms with Crippen LogP contribution in [-0.4, -0.2) is 31.3 Å². The van der Waals surface area contributed by atoms with Crippen LogP contribution >= 0.6 is 11.3 Å². The van der Waals surface area contributed by atoms with E-state index in [9.17, 15) is 17.6 Å². The molecule has 1 atom stereocenters. The van der Waals surface area contributed by atoms with Crippen molar-refractivity contribution in [1.82, 2.24) is 5.01 Å². The second kappa shape index (κ2) is 8.00. The summed E-state index contributed by atoms with van der Waals surface area (Å²) < 4.78 is 38.5. The zero-order valence-corrected chi connectivity index (χ0v) is 17.6. The van der Waals surface area contributed by atoms with Gasteiger partial charge in [-0.3, -0.25) is 9.52 Å². The van der Waals surface area contributed by atoms with E-state index >= 15 is 0 Å². The van der Waals surface area contributed by atoms with Crippen LogP contribution in [0.25, 0.3) is 0 Å². The zero-order chi connectivity index (χ0) is 21.3. The molecule has 2 aromatic carbocycles. The predicted octanol–water partition coefficient (Wildman–Crippen LogP) is 4.25. The highest BCUT2D eigenvalue weighted by Gasteiger charge is 2.33. The SMILES string of the molecule is CS(=O)(=O)Nc1ccc(C2=NN(C(=O)c3ccc(F)cc3)[C@H](c3ccsc3)C2)cc1. The molecule has 6 nitrogen and oxygen atoms in total. The Morgan fingerprint density at radius 1 is 1.13 bits per heavy atom. The molecule has 1 aliphatic heterocycles. The molecule has 0 radical (unpaired) electrons. The highest BCUT2D eigenvalue weighted by molar-refractivity contribution is 7.92. The second-order valence-corrected chi connectivity index (χ2v) is 9.46. The van der Waals surface area contributed by atoms with Crippen molar-refractivity contribution in [2.75, 3.05) is 11.0 Å². The first kappa shape index (κ1) is 20.2. The molecule has 30 heavy (non-hydrogen) atoms. The number of amides is 1. The van der Waals surface area contributed by atoms with Crippen LogP contribution < -0.4 is 4.72 Å². The summed E-state index contributed by atoms with van der Waals surface area (Å²) in [6.45, 7) is 0. The summed E-state index contributed by atoms with van der Waals surface area (Å²) in [5.74, 6) is -0.717. The van der Waals surface area contributed by atoms with Crippen molar-refractivity contribution in [3.8, 4) is 0 Å². The van der Waals surface area contributed by atoms with Crippen molar-refractivity contribution in [2.45, 2.75) is 12.5 Å². The lowest BCUT2D eigenvalue weighted by molar-refractivity contribution is 0.0711. The van der Waals surface area contributed by atoms with E-state index < -0.39 is 15.8 Å². The lowest BCUT2D eigenvalue weighted by Crippen LogP contribution is -2.26. The number of hydrogen-bond donors (Lipinski definition) is 1. The van der Waals surface area contributed by atoms with Gasteiger partial charge in [-0.15, -0.1) is 0 Å². The van der Waals surface area contributed by atoms with Gasteiger partial charge in [0.1, 0.15) is 5.82 Å². The smallest absolute Gasteiger partial charge is 0.274 e. The number of thiophene rings is 1. The Morgan fingerprint density at radius 2 is 1.83 bits per heavy atom. The van der Waals surface area contributed by atoms with E-state index in [4.69, 9.17) is 0 Å². The Hall–Kier alpha value is -3.04. The first-order chi connectivity index (χ1) is 14.3. The zero-order valence-electron chi connectivity index (χ0n) is 15.9. The molecule has 9 heteroatoms. The molecule has 0 fully saturated rings. The topological polar surface area (TPSA) is 78.8 Å². The van der Waals surface area contributed by atoms with E-state index in [1.165, 1.54) is 40.6 Å². The summed E-state index contributed by atoms with van der Waals surface area (Å²) in [5.41, 5.74) is 3.30. The van der Waals surface area contributed by atoms with E-state index in [0.29, 0.717) is 23.4 Å². The van der Waals surface area contributed by atoms with Gasteiger partial charge in [0.05, 0.1) is 18.0 Å². The van der Waals surface area contributed by atoms with Gasteiger partial charge in [-0.05, 0) is 64.4 Å². The molecule has 0 spiro atoms. The molecule has 0 unspecified atom stereocenters. The summed E-state index contributed by atoms with van der Waals surface area (Å²) in [7, 11) is -3.36. The van der Waals surface area contributed by atoms with Crippen LogP contribution in [0, 0.1) is 5.82 Å². The normalized spacial score (nSPS) is 16.4. The molecule has 2 heterocycles. The average molecular weight is 444 g/mol. The second-order valence-electron chi connectivity index (χ2n) is 6.93. The number of nitrogens with zero attached hydrogens (tertiary/aromatic N) is 2. The van der Waals surface area contributed by atoms with Crippen molar-refractivity contribution < 1.29 is 17.6 Å². The molecule has 1 aromatic heterocycles. The predicted molar refractivity (Wildman–Crippen MR) is 116 cm³/mol. The fraction of sp³-hybridized carbons (Fsp3) is 0.143. The molecule has 4 rings (SSSR count). The van der Waals surface area contributed by atoms with Crippen molar-refractivity contribution >= 4 is 38.7 Å². The number of benzene rings is 2. The molecule has 3 aromatic rings. The molecule has 0 saturated heterocycles. The van der Waals surface area contributed by atoms with Gasteiger partial charge in [0, 0.05) is 17.7 Å². The van der Waals surface area contributed by atoms with Crippen LogP contribution in [0.4, 0.5) is 10.1 Å². The Bertz CT molecular complexity index is 1190. The van der Waals surface area contributed by atoms with Gasteiger partial charge >= 0.3 is 0 Å². The molecule has 1 aliphatic rings. The third-order valence-electron chi connectivity index (χ3n) is 4.66. The molecular formula is C21H18FN3O3S2. The van der Waals surface area contributed by atoms with Gasteiger partial charge in [-0.25, -0.2) is 17.8 Å². The summed E-state index contributed by atoms with van der Waals surface area (Å²) >= 11 is 1.54. The molecule has 0 aliphatic carbocycles. The summed E-state index contributed by atoms with van der Waals surface area (Å²) in [5, 5.41) is 9.93. The van der Waals surface area contributed by atoms with E-state index in [1.807, 2.05) is 16.8 Å². The van der Waals surface area contributed by atoms with E-state index in [0.717, 1.165) is 17.4 Å². The minimum absolute atomic E-state index is 0.266. The number of carbonyl (C=O) groups excluding carboxylic acids is 1. The number of rotatable bonds is 5. The van der Waals surface area contributed by atoms with E-state index in [2.05, 4.69) is 9.82 Å². The third kappa shape index (κ3) is 4.42. The van der Waals surface area contributed by atoms with Crippen LogP contribution in [0.3, 0.4) is 0 Å². The monoisotopic (exact) mass is 443 g/mol. The Morgan fingerprint density at radius 3 is 2.43 bits per heavy atom. The van der Waals surface area contributed by atoms with Crippen molar-refractivity contribution in [3.05, 3.63) is 87.9 Å². The van der Waals surface area contributed by atoms with Gasteiger partial charge in [0.15, 0.2) is 0 Å². The highest BCUT2D eigenvalue weighted by Crippen LogP contribution is 2.35. The van der Waals surface area contributed by atoms with E-state index in [-0.39, 0.29) is 11.9 Å². The first-order valence-electron chi connectivity index (χ1n) is 9.07. The maximum absolute atomic E-state index is 13.3. The van der Waals surface area contributed by atoms with Gasteiger partial charge in [-0.2, -0.15) is 16.4 Å². The minimum atomic E-state index is -3.36. The van der Waals surface area contributed by atoms with Crippen molar-refractivity contribution in [1.29, 1.82) is 0 Å². The number of hydrazone groups is 1. The molecule has 1 amide bonds. The fourth-order valence-electron chi connectivity index (χ4n) is 3.27. The summed E-state index contributed by atoms with van der Waals surface area (Å²) in [6.07, 6.45) is 1.61. The van der Waals surface area contributed by atoms with Crippen LogP contribution in [-0.2, 0) is 10.0 Å². The maximum atomic E-state index is 13.3. The number of hydrogen-bond acceptors (Lipinski definition) is 5. The lowest BCUT2D eigenvalue weighted by atomic mass is 10.00. The summed E-state index contributed by atoms with van der Waals surface area (Å²) in [4.78, 5) is 13.1. The molecule has 0 bridgehead atoms. The number of sulfonamides is 1. The quantitative estimate of drug-likeness (QED) is 0.640. The van der Waals surface area contributed by atoms with Gasteiger partial charge < -0.3 is 0 Å². The lowest BCUT2D eigenvalue weighted by Gasteiger charge is -2.21. The number of nitrogens with one attached hydrogen (secondary N) is 1. The average Bonchev–Trinajstić information content (AvgIpc) is 3.37. The van der Waals surface area contributed by atoms with Crippen LogP contribution in [0.15, 0.2) is 70.5 Å². The van der Waals surface area contributed by atoms with Crippen LogP contribution in [0.1, 0.15) is 33.9 Å². The minimum Gasteiger partial charge on any atom is -0.284 e. The highest BCUT2D eigenvalue weighted by atomic mass is 32.2. The Kier molecular flexibility index (Phi) is 5.40. The number of carbonyl (C=O) groups is 1. The van der Waals surface area contributed by atoms with Gasteiger partial charge in [0.2, 0.25) is 10.0 Å². The van der Waals surface area contributed by atoms with Gasteiger partial charge in [0.25, 0.3) is 5.91 Å². The molecule has 1 N–H and O–H groups in total. The Balaban J connectivity index is 1.65. The van der Waals surface area contributed by atoms with E-state index in [1.54, 1.807) is 24.3 Å². The number of anilines is 1. The largest absolute Gasteiger partial charge is 0.284 e. The summed E-state index contributed by atoms with van der Waals surface area (Å²) in [6, 6.07) is 13.9. The fourth-order valence-corrected chi connectivity index (χ4v) is 4.54. The van der Waals surface area contributed by atoms with Crippen molar-refractivity contribution in [3.63, 3.8) is 0 Å². The molecular weight excluding hydrogens is 425 g/mol. The third-order valence-corrected chi connectivity index (χ3v) is 5.97. The van der Waals surface area contributed by atoms with Crippen LogP contribution in [0.5, 0.6) is 0 Å². The Labute approximate surface area is 177 Å². The standard InChI is InChI=1S/C21H18FN3O3S2/c1-30(27,28)24-18-8-4-14(5-9-18)19-12-20(16-10-11-29-13-16)25(23-19)21(26)15-2-6-17(22)7-3-15/h2-11,13,20,24H,12H2,1H3/t20-/m0/s1.